The molecule has 3 aromatic rings. The normalized spacial score (nSPS) is 17.7. The Labute approximate surface area is 243 Å². The summed E-state index contributed by atoms with van der Waals surface area (Å²) in [7, 11) is -1.66. The maximum absolute atomic E-state index is 13.8. The van der Waals surface area contributed by atoms with Crippen molar-refractivity contribution in [1.29, 1.82) is 0 Å². The molecule has 4 rings (SSSR count). The molecule has 1 unspecified atom stereocenters. The van der Waals surface area contributed by atoms with Gasteiger partial charge in [0, 0.05) is 25.1 Å². The summed E-state index contributed by atoms with van der Waals surface area (Å²) in [6, 6.07) is 11.7. The van der Waals surface area contributed by atoms with Crippen LogP contribution in [0, 0.1) is 12.3 Å². The van der Waals surface area contributed by atoms with Gasteiger partial charge in [0.05, 0.1) is 22.2 Å². The number of benzene rings is 2. The molecule has 0 bridgehead atoms. The topological polar surface area (TPSA) is 152 Å². The Bertz CT molecular complexity index is 1390. The molecule has 12 heteroatoms. The van der Waals surface area contributed by atoms with Crippen molar-refractivity contribution in [3.05, 3.63) is 70.9 Å². The van der Waals surface area contributed by atoms with Gasteiger partial charge in [0.25, 0.3) is 5.91 Å². The molecule has 216 valence electrons. The minimum atomic E-state index is -1.66. The number of aryl methyl sites for hydroxylation is 1. The zero-order chi connectivity index (χ0) is 29.9. The van der Waals surface area contributed by atoms with Crippen molar-refractivity contribution in [2.24, 2.45) is 5.41 Å². The van der Waals surface area contributed by atoms with E-state index in [-0.39, 0.29) is 36.4 Å². The lowest BCUT2D eigenvalue weighted by Gasteiger charge is -2.35. The van der Waals surface area contributed by atoms with Crippen LogP contribution in [0.5, 0.6) is 0 Å². The van der Waals surface area contributed by atoms with Crippen LogP contribution in [0.1, 0.15) is 48.8 Å². The second-order valence-electron chi connectivity index (χ2n) is 11.3. The number of aliphatic hydroxyl groups excluding tert-OH is 1. The smallest absolute Gasteiger partial charge is 0.423 e. The third kappa shape index (κ3) is 7.20. The number of aromatic nitrogens is 1. The van der Waals surface area contributed by atoms with Gasteiger partial charge in [0.2, 0.25) is 11.8 Å². The van der Waals surface area contributed by atoms with Crippen LogP contribution < -0.4 is 16.1 Å². The quantitative estimate of drug-likeness (QED) is 0.252. The van der Waals surface area contributed by atoms with E-state index in [0.29, 0.717) is 0 Å². The molecule has 0 aliphatic carbocycles. The molecule has 1 aliphatic rings. The van der Waals surface area contributed by atoms with Crippen LogP contribution >= 0.6 is 11.3 Å². The van der Waals surface area contributed by atoms with E-state index < -0.39 is 42.5 Å². The molecule has 10 nitrogen and oxygen atoms in total. The first kappa shape index (κ1) is 30.4. The van der Waals surface area contributed by atoms with Gasteiger partial charge in [0.15, 0.2) is 0 Å². The standard InChI is InChI=1S/C29H35BN4O6S/c1-17-24(41-16-32-17)19-7-5-18(6-8-19)14-31-27(37)23-13-22(35)15-34(23)28(38)25(29(2,3)4)33-26(36)20-9-11-21(12-10-20)30(39)40/h5-12,16,22-23,25,35,39-40H,13-15H2,1-4H3,(H,31,37)(H,33,36)/t22-,23+,25?/m1/s1. The molecule has 1 saturated heterocycles. The number of nitrogens with zero attached hydrogens (tertiary/aromatic N) is 2. The van der Waals surface area contributed by atoms with E-state index in [1.165, 1.54) is 29.2 Å². The van der Waals surface area contributed by atoms with Crippen LogP contribution in [0.4, 0.5) is 0 Å². The number of carbonyl (C=O) groups excluding carboxylic acids is 3. The van der Waals surface area contributed by atoms with Gasteiger partial charge >= 0.3 is 7.12 Å². The molecule has 0 spiro atoms. The minimum absolute atomic E-state index is 0.0225. The van der Waals surface area contributed by atoms with E-state index >= 15 is 0 Å². The molecule has 1 aliphatic heterocycles. The van der Waals surface area contributed by atoms with Crippen molar-refractivity contribution in [1.82, 2.24) is 20.5 Å². The van der Waals surface area contributed by atoms with Gasteiger partial charge in [-0.2, -0.15) is 0 Å². The zero-order valence-electron chi connectivity index (χ0n) is 23.5. The molecule has 0 saturated carbocycles. The first-order valence-corrected chi connectivity index (χ1v) is 14.3. The van der Waals surface area contributed by atoms with E-state index in [4.69, 9.17) is 0 Å². The SMILES string of the molecule is Cc1ncsc1-c1ccc(CNC(=O)[C@@H]2C[C@@H](O)CN2C(=O)C(NC(=O)c2ccc(B(O)O)cc2)C(C)(C)C)cc1. The molecule has 0 radical (unpaired) electrons. The number of β-amino-alcohol motifs (C(OH)–C–C–N with tert-alkyl or cyclic N) is 1. The van der Waals surface area contributed by atoms with E-state index in [9.17, 15) is 29.5 Å². The number of hydrogen-bond acceptors (Lipinski definition) is 8. The average molecular weight is 579 g/mol. The third-order valence-corrected chi connectivity index (χ3v) is 8.13. The summed E-state index contributed by atoms with van der Waals surface area (Å²) in [5.74, 6) is -1.36. The number of amides is 3. The summed E-state index contributed by atoms with van der Waals surface area (Å²) in [6.45, 7) is 7.61. The largest absolute Gasteiger partial charge is 0.488 e. The maximum Gasteiger partial charge on any atom is 0.488 e. The summed E-state index contributed by atoms with van der Waals surface area (Å²) in [5.41, 5.74) is 4.47. The number of hydrogen-bond donors (Lipinski definition) is 5. The van der Waals surface area contributed by atoms with Gasteiger partial charge in [-0.1, -0.05) is 57.2 Å². The third-order valence-electron chi connectivity index (χ3n) is 7.15. The Hall–Kier alpha value is -3.58. The fraction of sp³-hybridized carbons (Fsp3) is 0.379. The van der Waals surface area contributed by atoms with Gasteiger partial charge in [-0.15, -0.1) is 11.3 Å². The lowest BCUT2D eigenvalue weighted by Crippen LogP contribution is -2.57. The number of rotatable bonds is 8. The lowest BCUT2D eigenvalue weighted by molar-refractivity contribution is -0.142. The Balaban J connectivity index is 1.43. The van der Waals surface area contributed by atoms with Gasteiger partial charge in [-0.05, 0) is 41.1 Å². The molecule has 2 aromatic carbocycles. The highest BCUT2D eigenvalue weighted by Gasteiger charge is 2.44. The second-order valence-corrected chi connectivity index (χ2v) is 12.2. The van der Waals surface area contributed by atoms with Gasteiger partial charge in [0.1, 0.15) is 12.1 Å². The molecule has 1 fully saturated rings. The highest BCUT2D eigenvalue weighted by atomic mass is 32.1. The zero-order valence-corrected chi connectivity index (χ0v) is 24.3. The predicted molar refractivity (Wildman–Crippen MR) is 157 cm³/mol. The first-order valence-electron chi connectivity index (χ1n) is 13.4. The lowest BCUT2D eigenvalue weighted by atomic mass is 9.80. The Kier molecular flexibility index (Phi) is 9.28. The predicted octanol–water partition coefficient (Wildman–Crippen LogP) is 1.22. The number of likely N-dealkylation sites (tertiary alicyclic amines) is 1. The Morgan fingerprint density at radius 2 is 1.76 bits per heavy atom. The number of nitrogens with one attached hydrogen (secondary N) is 2. The molecule has 5 N–H and O–H groups in total. The molecule has 41 heavy (non-hydrogen) atoms. The van der Waals surface area contributed by atoms with E-state index in [1.807, 2.05) is 31.2 Å². The number of aliphatic hydroxyl groups is 1. The van der Waals surface area contributed by atoms with Crippen LogP contribution in [0.25, 0.3) is 10.4 Å². The van der Waals surface area contributed by atoms with Gasteiger partial charge in [-0.3, -0.25) is 14.4 Å². The van der Waals surface area contributed by atoms with E-state index in [1.54, 1.807) is 37.6 Å². The molecular formula is C29H35BN4O6S. The highest BCUT2D eigenvalue weighted by Crippen LogP contribution is 2.28. The van der Waals surface area contributed by atoms with Crippen LogP contribution in [0.3, 0.4) is 0 Å². The van der Waals surface area contributed by atoms with Crippen LogP contribution in [-0.4, -0.2) is 74.6 Å². The molecule has 3 amide bonds. The van der Waals surface area contributed by atoms with Crippen molar-refractivity contribution >= 4 is 41.6 Å². The average Bonchev–Trinajstić information content (AvgIpc) is 3.54. The van der Waals surface area contributed by atoms with Gasteiger partial charge < -0.3 is 30.7 Å². The van der Waals surface area contributed by atoms with Crippen molar-refractivity contribution in [2.45, 2.75) is 58.8 Å². The monoisotopic (exact) mass is 578 g/mol. The maximum atomic E-state index is 13.8. The van der Waals surface area contributed by atoms with Crippen molar-refractivity contribution in [2.75, 3.05) is 6.54 Å². The number of thiazole rings is 1. The summed E-state index contributed by atoms with van der Waals surface area (Å²) in [4.78, 5) is 46.7. The van der Waals surface area contributed by atoms with Crippen LogP contribution in [-0.2, 0) is 16.1 Å². The van der Waals surface area contributed by atoms with Crippen LogP contribution in [0.15, 0.2) is 54.0 Å². The van der Waals surface area contributed by atoms with Crippen molar-refractivity contribution in [3.8, 4) is 10.4 Å². The molecule has 3 atom stereocenters. The fourth-order valence-electron chi connectivity index (χ4n) is 4.80. The minimum Gasteiger partial charge on any atom is -0.423 e. The summed E-state index contributed by atoms with van der Waals surface area (Å²) < 4.78 is 0. The van der Waals surface area contributed by atoms with Crippen molar-refractivity contribution in [3.63, 3.8) is 0 Å². The van der Waals surface area contributed by atoms with Crippen molar-refractivity contribution < 1.29 is 29.5 Å². The molecule has 1 aromatic heterocycles. The summed E-state index contributed by atoms with van der Waals surface area (Å²) >= 11 is 1.57. The molecule has 2 heterocycles. The first-order chi connectivity index (χ1) is 19.3. The summed E-state index contributed by atoms with van der Waals surface area (Å²) in [6.07, 6.45) is -0.776. The fourth-order valence-corrected chi connectivity index (χ4v) is 5.61. The molecular weight excluding hydrogens is 543 g/mol. The van der Waals surface area contributed by atoms with Gasteiger partial charge in [-0.25, -0.2) is 4.98 Å². The Morgan fingerprint density at radius 1 is 1.10 bits per heavy atom. The van der Waals surface area contributed by atoms with E-state index in [0.717, 1.165) is 21.7 Å². The highest BCUT2D eigenvalue weighted by molar-refractivity contribution is 7.13. The number of carbonyl (C=O) groups is 3. The second kappa shape index (κ2) is 12.5. The Morgan fingerprint density at radius 3 is 2.32 bits per heavy atom. The van der Waals surface area contributed by atoms with E-state index in [2.05, 4.69) is 15.6 Å². The summed E-state index contributed by atoms with van der Waals surface area (Å²) in [5, 5.41) is 34.7. The van der Waals surface area contributed by atoms with Crippen LogP contribution in [0.2, 0.25) is 0 Å².